The van der Waals surface area contributed by atoms with Gasteiger partial charge < -0.3 is 4.79 Å². The van der Waals surface area contributed by atoms with Crippen molar-refractivity contribution in [3.63, 3.8) is 0 Å². The number of hydrogen-bond acceptors (Lipinski definition) is 2. The minimum absolute atomic E-state index is 0.417. The zero-order valence-electron chi connectivity index (χ0n) is 3.55. The standard InChI is InChI=1S/C4H2BO2/c6-3-1-2-5-4(3)7/h1-2H. The maximum atomic E-state index is 10.1. The molecule has 1 aliphatic heterocycles. The van der Waals surface area contributed by atoms with E-state index in [9.17, 15) is 9.59 Å². The largest absolute Gasteiger partial charge is 0.303 e. The predicted octanol–water partition coefficient (Wildman–Crippen LogP) is -0.686. The zero-order chi connectivity index (χ0) is 5.28. The molecule has 0 fully saturated rings. The van der Waals surface area contributed by atoms with Crippen molar-refractivity contribution in [2.24, 2.45) is 0 Å². The third-order valence-electron chi connectivity index (χ3n) is 0.738. The van der Waals surface area contributed by atoms with E-state index < -0.39 is 11.5 Å². The summed E-state index contributed by atoms with van der Waals surface area (Å²) in [6, 6.07) is 0. The molecule has 0 aromatic heterocycles. The molecular formula is C4H2BO2. The Kier molecular flexibility index (Phi) is 0.820. The van der Waals surface area contributed by atoms with Gasteiger partial charge in [0.05, 0.1) is 0 Å². The first-order valence-electron chi connectivity index (χ1n) is 1.90. The summed E-state index contributed by atoms with van der Waals surface area (Å²) >= 11 is 0. The van der Waals surface area contributed by atoms with Gasteiger partial charge in [-0.25, -0.2) is 0 Å². The Balaban J connectivity index is 2.81. The Hall–Kier alpha value is -0.855. The van der Waals surface area contributed by atoms with Crippen LogP contribution in [0.15, 0.2) is 12.1 Å². The van der Waals surface area contributed by atoms with Crippen LogP contribution in [0.2, 0.25) is 0 Å². The molecule has 0 aliphatic carbocycles. The van der Waals surface area contributed by atoms with E-state index in [1.165, 1.54) is 19.3 Å². The van der Waals surface area contributed by atoms with E-state index in [0.717, 1.165) is 0 Å². The van der Waals surface area contributed by atoms with Gasteiger partial charge in [-0.2, -0.15) is 0 Å². The van der Waals surface area contributed by atoms with Gasteiger partial charge in [0, 0.05) is 0 Å². The molecule has 0 N–H and O–H groups in total. The van der Waals surface area contributed by atoms with Gasteiger partial charge in [0.2, 0.25) is 13.1 Å². The zero-order valence-corrected chi connectivity index (χ0v) is 3.55. The quantitative estimate of drug-likeness (QED) is 0.293. The van der Waals surface area contributed by atoms with E-state index in [1.807, 2.05) is 0 Å². The fourth-order valence-corrected chi connectivity index (χ4v) is 0.387. The van der Waals surface area contributed by atoms with Crippen molar-refractivity contribution in [3.05, 3.63) is 12.1 Å². The molecule has 0 aromatic rings. The van der Waals surface area contributed by atoms with Crippen molar-refractivity contribution in [2.45, 2.75) is 0 Å². The molecule has 0 unspecified atom stereocenters. The Morgan fingerprint density at radius 1 is 1.43 bits per heavy atom. The first-order chi connectivity index (χ1) is 3.30. The minimum Gasteiger partial charge on any atom is -0.303 e. The van der Waals surface area contributed by atoms with Crippen molar-refractivity contribution in [1.82, 2.24) is 0 Å². The van der Waals surface area contributed by atoms with Crippen LogP contribution in [0.4, 0.5) is 0 Å². The molecule has 0 saturated heterocycles. The third kappa shape index (κ3) is 0.608. The number of carbonyl (C=O) groups excluding carboxylic acids is 2. The lowest BCUT2D eigenvalue weighted by atomic mass is 9.77. The Morgan fingerprint density at radius 3 is 2.29 bits per heavy atom. The molecular weight excluding hydrogens is 90.9 g/mol. The van der Waals surface area contributed by atoms with E-state index in [2.05, 4.69) is 0 Å². The lowest BCUT2D eigenvalue weighted by molar-refractivity contribution is -0.128. The van der Waals surface area contributed by atoms with Crippen LogP contribution in [-0.4, -0.2) is 18.7 Å². The van der Waals surface area contributed by atoms with E-state index in [-0.39, 0.29) is 0 Å². The number of allylic oxidation sites excluding steroid dienone is 1. The molecule has 1 aliphatic rings. The lowest BCUT2D eigenvalue weighted by Gasteiger charge is -1.72. The van der Waals surface area contributed by atoms with Crippen LogP contribution in [0.5, 0.6) is 0 Å². The monoisotopic (exact) mass is 93.0 g/mol. The van der Waals surface area contributed by atoms with Crippen molar-refractivity contribution < 1.29 is 9.59 Å². The van der Waals surface area contributed by atoms with Crippen molar-refractivity contribution in [3.8, 4) is 0 Å². The molecule has 33 valence electrons. The van der Waals surface area contributed by atoms with Gasteiger partial charge in [-0.1, -0.05) is 0 Å². The summed E-state index contributed by atoms with van der Waals surface area (Å²) in [6.07, 6.45) is 1.25. The second-order valence-electron chi connectivity index (χ2n) is 1.25. The number of hydrogen-bond donors (Lipinski definition) is 0. The topological polar surface area (TPSA) is 34.1 Å². The smallest absolute Gasteiger partial charge is 0.243 e. The van der Waals surface area contributed by atoms with Crippen molar-refractivity contribution in [2.75, 3.05) is 0 Å². The second-order valence-corrected chi connectivity index (χ2v) is 1.25. The number of rotatable bonds is 0. The number of ketones is 1. The summed E-state index contributed by atoms with van der Waals surface area (Å²) in [5, 5.41) is 0. The molecule has 2 nitrogen and oxygen atoms in total. The van der Waals surface area contributed by atoms with Crippen LogP contribution in [0, 0.1) is 0 Å². The first kappa shape index (κ1) is 4.31. The van der Waals surface area contributed by atoms with E-state index >= 15 is 0 Å². The molecule has 1 heterocycles. The van der Waals surface area contributed by atoms with Crippen LogP contribution in [0.1, 0.15) is 0 Å². The van der Waals surface area contributed by atoms with E-state index in [1.54, 1.807) is 0 Å². The second kappa shape index (κ2) is 1.33. The molecule has 7 heavy (non-hydrogen) atoms. The fourth-order valence-electron chi connectivity index (χ4n) is 0.387. The summed E-state index contributed by atoms with van der Waals surface area (Å²) in [6.45, 7) is 0. The molecule has 0 amide bonds. The molecule has 0 atom stereocenters. The van der Waals surface area contributed by atoms with Crippen LogP contribution < -0.4 is 0 Å². The summed E-state index contributed by atoms with van der Waals surface area (Å²) < 4.78 is 0. The SMILES string of the molecule is O=C1[B]C=CC1=O. The summed E-state index contributed by atoms with van der Waals surface area (Å²) in [5.41, 5.74) is -0.417. The van der Waals surface area contributed by atoms with Crippen molar-refractivity contribution >= 4 is 18.7 Å². The van der Waals surface area contributed by atoms with Gasteiger partial charge in [0.25, 0.3) is 0 Å². The molecule has 1 rings (SSSR count). The van der Waals surface area contributed by atoms with Gasteiger partial charge in [0.1, 0.15) is 0 Å². The fraction of sp³-hybridized carbons (Fsp3) is 0. The van der Waals surface area contributed by atoms with Crippen LogP contribution in [0.3, 0.4) is 0 Å². The molecule has 0 bridgehead atoms. The Labute approximate surface area is 41.4 Å². The Bertz CT molecular complexity index is 148. The summed E-state index contributed by atoms with van der Waals surface area (Å²) in [5.74, 6) is 1.03. The molecule has 0 saturated carbocycles. The molecule has 1 radical (unpaired) electrons. The maximum Gasteiger partial charge on any atom is 0.243 e. The normalized spacial score (nSPS) is 17.7. The summed E-state index contributed by atoms with van der Waals surface area (Å²) in [4.78, 5) is 20.2. The molecule has 3 heteroatoms. The van der Waals surface area contributed by atoms with E-state index in [4.69, 9.17) is 0 Å². The predicted molar refractivity (Wildman–Crippen MR) is 24.9 cm³/mol. The van der Waals surface area contributed by atoms with Crippen LogP contribution >= 0.6 is 0 Å². The van der Waals surface area contributed by atoms with Gasteiger partial charge >= 0.3 is 0 Å². The van der Waals surface area contributed by atoms with Gasteiger partial charge in [-0.15, -0.1) is 5.98 Å². The van der Waals surface area contributed by atoms with Gasteiger partial charge in [0.15, 0.2) is 5.68 Å². The molecule has 0 spiro atoms. The lowest BCUT2D eigenvalue weighted by Crippen LogP contribution is -2.09. The number of carbonyl (C=O) groups is 2. The van der Waals surface area contributed by atoms with Crippen molar-refractivity contribution in [1.29, 1.82) is 0 Å². The summed E-state index contributed by atoms with van der Waals surface area (Å²) in [7, 11) is 1.25. The highest BCUT2D eigenvalue weighted by molar-refractivity contribution is 6.95. The third-order valence-corrected chi connectivity index (χ3v) is 0.738. The average molecular weight is 92.9 g/mol. The highest BCUT2D eigenvalue weighted by Crippen LogP contribution is 1.87. The van der Waals surface area contributed by atoms with E-state index in [0.29, 0.717) is 0 Å². The first-order valence-corrected chi connectivity index (χ1v) is 1.90. The molecule has 0 aromatic carbocycles. The highest BCUT2D eigenvalue weighted by atomic mass is 16.2. The van der Waals surface area contributed by atoms with Gasteiger partial charge in [-0.05, 0) is 6.08 Å². The van der Waals surface area contributed by atoms with Crippen LogP contribution in [-0.2, 0) is 9.59 Å². The minimum atomic E-state index is -0.417. The van der Waals surface area contributed by atoms with Crippen LogP contribution in [0.25, 0.3) is 0 Å². The highest BCUT2D eigenvalue weighted by Gasteiger charge is 2.14. The maximum absolute atomic E-state index is 10.1. The average Bonchev–Trinajstić information content (AvgIpc) is 1.91. The Morgan fingerprint density at radius 2 is 2.14 bits per heavy atom. The van der Waals surface area contributed by atoms with Gasteiger partial charge in [-0.3, -0.25) is 4.79 Å².